The van der Waals surface area contributed by atoms with Crippen LogP contribution in [0.4, 0.5) is 17.1 Å². The quantitative estimate of drug-likeness (QED) is 0.280. The minimum absolute atomic E-state index is 0.0446. The molecular weight excluding hydrogens is 504 g/mol. The van der Waals surface area contributed by atoms with Gasteiger partial charge in [0.2, 0.25) is 11.8 Å². The highest BCUT2D eigenvalue weighted by Crippen LogP contribution is 2.29. The number of H-pyrrole nitrogens is 1. The molecule has 0 spiro atoms. The highest BCUT2D eigenvalue weighted by atomic mass is 16.6. The van der Waals surface area contributed by atoms with E-state index < -0.39 is 40.8 Å². The van der Waals surface area contributed by atoms with Crippen LogP contribution in [0.25, 0.3) is 11.0 Å². The molecule has 3 N–H and O–H groups in total. The standard InChI is InChI=1S/C27H34N6O6/c1-6-30(7-2)17-8-10-18(11-9-17)31(16-23(28)35)24(36)14-19-21(33(38)39)13-12-20-25(19)32(26(37)29-20)15-22(34)27(3,4)5/h8-13H,6-7,14-16H2,1-5H3,(H2,28,35)(H,29,37). The third-order valence-electron chi connectivity index (χ3n) is 6.58. The highest BCUT2D eigenvalue weighted by Gasteiger charge is 2.29. The lowest BCUT2D eigenvalue weighted by atomic mass is 9.91. The number of aromatic amines is 1. The number of nitrogens with zero attached hydrogens (tertiary/aromatic N) is 4. The number of amides is 2. The number of hydrogen-bond donors (Lipinski definition) is 2. The second-order valence-electron chi connectivity index (χ2n) is 10.2. The zero-order valence-corrected chi connectivity index (χ0v) is 22.8. The SMILES string of the molecule is CCN(CC)c1ccc(N(CC(N)=O)C(=O)Cc2c([N+](=O)[O-])ccc3[nH]c(=O)n(CC(=O)C(C)(C)C)c23)cc1. The van der Waals surface area contributed by atoms with Crippen molar-refractivity contribution in [2.45, 2.75) is 47.6 Å². The van der Waals surface area contributed by atoms with Gasteiger partial charge in [-0.3, -0.25) is 29.1 Å². The fourth-order valence-electron chi connectivity index (χ4n) is 4.35. The van der Waals surface area contributed by atoms with Crippen LogP contribution in [0.15, 0.2) is 41.2 Å². The minimum atomic E-state index is -0.769. The van der Waals surface area contributed by atoms with Gasteiger partial charge in [-0.1, -0.05) is 20.8 Å². The predicted octanol–water partition coefficient (Wildman–Crippen LogP) is 2.76. The van der Waals surface area contributed by atoms with Crippen LogP contribution in [0.3, 0.4) is 0 Å². The zero-order chi connectivity index (χ0) is 29.1. The van der Waals surface area contributed by atoms with Crippen LogP contribution >= 0.6 is 0 Å². The van der Waals surface area contributed by atoms with Gasteiger partial charge in [0, 0.05) is 35.9 Å². The van der Waals surface area contributed by atoms with E-state index >= 15 is 0 Å². The topological polar surface area (TPSA) is 165 Å². The molecule has 0 atom stereocenters. The van der Waals surface area contributed by atoms with Crippen molar-refractivity contribution >= 4 is 45.7 Å². The number of carbonyl (C=O) groups is 3. The third kappa shape index (κ3) is 6.33. The number of hydrogen-bond acceptors (Lipinski definition) is 7. The molecule has 0 aliphatic heterocycles. The molecule has 3 rings (SSSR count). The van der Waals surface area contributed by atoms with E-state index in [1.807, 2.05) is 26.0 Å². The highest BCUT2D eigenvalue weighted by molar-refractivity contribution is 6.01. The van der Waals surface area contributed by atoms with Crippen molar-refractivity contribution in [2.24, 2.45) is 11.1 Å². The molecule has 0 unspecified atom stereocenters. The predicted molar refractivity (Wildman–Crippen MR) is 149 cm³/mol. The van der Waals surface area contributed by atoms with E-state index in [2.05, 4.69) is 9.88 Å². The van der Waals surface area contributed by atoms with Crippen LogP contribution in [0.5, 0.6) is 0 Å². The average Bonchev–Trinajstić information content (AvgIpc) is 3.18. The molecular formula is C27H34N6O6. The first-order valence-electron chi connectivity index (χ1n) is 12.6. The Morgan fingerprint density at radius 1 is 1.03 bits per heavy atom. The second-order valence-corrected chi connectivity index (χ2v) is 10.2. The van der Waals surface area contributed by atoms with Crippen LogP contribution in [0.2, 0.25) is 0 Å². The van der Waals surface area contributed by atoms with Crippen molar-refractivity contribution < 1.29 is 19.3 Å². The van der Waals surface area contributed by atoms with E-state index in [1.165, 1.54) is 12.1 Å². The maximum absolute atomic E-state index is 13.6. The van der Waals surface area contributed by atoms with Crippen LogP contribution in [-0.2, 0) is 27.3 Å². The number of rotatable bonds is 11. The number of primary amides is 1. The van der Waals surface area contributed by atoms with Gasteiger partial charge < -0.3 is 20.5 Å². The van der Waals surface area contributed by atoms with Crippen LogP contribution in [0.1, 0.15) is 40.2 Å². The van der Waals surface area contributed by atoms with Crippen molar-refractivity contribution in [3.63, 3.8) is 0 Å². The zero-order valence-electron chi connectivity index (χ0n) is 22.8. The van der Waals surface area contributed by atoms with Gasteiger partial charge in [0.25, 0.3) is 5.69 Å². The van der Waals surface area contributed by atoms with Gasteiger partial charge in [0.15, 0.2) is 5.78 Å². The number of carbonyl (C=O) groups excluding carboxylic acids is 3. The number of anilines is 2. The molecule has 2 aromatic carbocycles. The Morgan fingerprint density at radius 3 is 2.13 bits per heavy atom. The molecule has 0 radical (unpaired) electrons. The lowest BCUT2D eigenvalue weighted by molar-refractivity contribution is -0.385. The lowest BCUT2D eigenvalue weighted by Gasteiger charge is -2.24. The van der Waals surface area contributed by atoms with Crippen molar-refractivity contribution in [1.82, 2.24) is 9.55 Å². The summed E-state index contributed by atoms with van der Waals surface area (Å²) in [7, 11) is 0. The fraction of sp³-hybridized carbons (Fsp3) is 0.407. The monoisotopic (exact) mass is 538 g/mol. The number of nitro groups is 1. The molecule has 2 amide bonds. The second kappa shape index (κ2) is 11.5. The van der Waals surface area contributed by atoms with E-state index in [0.29, 0.717) is 5.69 Å². The summed E-state index contributed by atoms with van der Waals surface area (Å²) >= 11 is 0. The number of ketones is 1. The molecule has 1 heterocycles. The van der Waals surface area contributed by atoms with Gasteiger partial charge in [-0.05, 0) is 44.2 Å². The van der Waals surface area contributed by atoms with Crippen molar-refractivity contribution in [2.75, 3.05) is 29.4 Å². The van der Waals surface area contributed by atoms with Gasteiger partial charge in [-0.15, -0.1) is 0 Å². The Labute approximate surface area is 225 Å². The molecule has 3 aromatic rings. The molecule has 0 saturated carbocycles. The maximum atomic E-state index is 13.6. The molecule has 1 aromatic heterocycles. The van der Waals surface area contributed by atoms with Gasteiger partial charge in [0.1, 0.15) is 6.54 Å². The number of fused-ring (bicyclic) bond motifs is 1. The number of nitrogens with one attached hydrogen (secondary N) is 1. The summed E-state index contributed by atoms with van der Waals surface area (Å²) in [6.45, 7) is 9.93. The van der Waals surface area contributed by atoms with Gasteiger partial charge in [-0.2, -0.15) is 0 Å². The lowest BCUT2D eigenvalue weighted by Crippen LogP contribution is -2.39. The fourth-order valence-corrected chi connectivity index (χ4v) is 4.35. The number of imidazole rings is 1. The number of nitrogens with two attached hydrogens (primary N) is 1. The summed E-state index contributed by atoms with van der Waals surface area (Å²) < 4.78 is 1.12. The summed E-state index contributed by atoms with van der Waals surface area (Å²) in [5, 5.41) is 12.0. The van der Waals surface area contributed by atoms with Gasteiger partial charge in [-0.25, -0.2) is 4.79 Å². The first-order chi connectivity index (χ1) is 18.3. The molecule has 0 aliphatic rings. The Balaban J connectivity index is 2.11. The molecule has 0 bridgehead atoms. The maximum Gasteiger partial charge on any atom is 0.326 e. The summed E-state index contributed by atoms with van der Waals surface area (Å²) in [5.41, 5.74) is 5.27. The summed E-state index contributed by atoms with van der Waals surface area (Å²) in [6.07, 6.45) is -0.514. The van der Waals surface area contributed by atoms with E-state index in [9.17, 15) is 29.3 Å². The molecule has 39 heavy (non-hydrogen) atoms. The average molecular weight is 539 g/mol. The first kappa shape index (κ1) is 29.1. The third-order valence-corrected chi connectivity index (χ3v) is 6.58. The minimum Gasteiger partial charge on any atom is -0.372 e. The first-order valence-corrected chi connectivity index (χ1v) is 12.6. The number of benzene rings is 2. The molecule has 12 nitrogen and oxygen atoms in total. The Morgan fingerprint density at radius 2 is 1.62 bits per heavy atom. The normalized spacial score (nSPS) is 11.4. The summed E-state index contributed by atoms with van der Waals surface area (Å²) in [4.78, 5) is 68.3. The van der Waals surface area contributed by atoms with E-state index in [1.54, 1.807) is 32.9 Å². The van der Waals surface area contributed by atoms with Gasteiger partial charge in [0.05, 0.1) is 34.5 Å². The van der Waals surface area contributed by atoms with Crippen molar-refractivity contribution in [1.29, 1.82) is 0 Å². The van der Waals surface area contributed by atoms with Crippen LogP contribution in [0, 0.1) is 15.5 Å². The van der Waals surface area contributed by atoms with Crippen LogP contribution < -0.4 is 21.2 Å². The van der Waals surface area contributed by atoms with E-state index in [-0.39, 0.29) is 34.6 Å². The number of aromatic nitrogens is 2. The van der Waals surface area contributed by atoms with E-state index in [0.717, 1.165) is 28.2 Å². The summed E-state index contributed by atoms with van der Waals surface area (Å²) in [5.74, 6) is -1.67. The van der Waals surface area contributed by atoms with Crippen molar-refractivity contribution in [3.8, 4) is 0 Å². The number of nitro benzene ring substituents is 1. The molecule has 0 aliphatic carbocycles. The van der Waals surface area contributed by atoms with E-state index in [4.69, 9.17) is 5.73 Å². The Hall–Kier alpha value is -4.48. The largest absolute Gasteiger partial charge is 0.372 e. The number of Topliss-reactive ketones (excluding diaryl/α,β-unsaturated/α-hetero) is 1. The van der Waals surface area contributed by atoms with Crippen LogP contribution in [-0.4, -0.2) is 51.7 Å². The molecule has 12 heteroatoms. The molecule has 0 saturated heterocycles. The molecule has 0 fully saturated rings. The Kier molecular flexibility index (Phi) is 8.58. The smallest absolute Gasteiger partial charge is 0.326 e. The molecule has 208 valence electrons. The van der Waals surface area contributed by atoms with Gasteiger partial charge >= 0.3 is 5.69 Å². The Bertz CT molecular complexity index is 1460. The summed E-state index contributed by atoms with van der Waals surface area (Å²) in [6, 6.07) is 9.56. The van der Waals surface area contributed by atoms with Crippen molar-refractivity contribution in [3.05, 3.63) is 62.6 Å².